The molecule has 0 spiro atoms. The highest BCUT2D eigenvalue weighted by molar-refractivity contribution is 7.11. The van der Waals surface area contributed by atoms with Gasteiger partial charge in [0.25, 0.3) is 0 Å². The summed E-state index contributed by atoms with van der Waals surface area (Å²) in [6, 6.07) is 5.21. The zero-order valence-corrected chi connectivity index (χ0v) is 17.4. The standard InChI is InChI=1S/C20H25FN6S/c1-13-14(2)28-19(26-13)7-8-24-20(22-4)25-12-16-5-6-18(17(21)11-16)27-10-9-23-15(27)3/h5-6,9-11H,7-8,12H2,1-4H3,(H2,22,24,25). The van der Waals surface area contributed by atoms with Crippen LogP contribution in [0, 0.1) is 26.6 Å². The minimum atomic E-state index is -0.280. The van der Waals surface area contributed by atoms with Crippen LogP contribution in [0.25, 0.3) is 5.69 Å². The van der Waals surface area contributed by atoms with E-state index in [1.165, 1.54) is 10.9 Å². The van der Waals surface area contributed by atoms with Gasteiger partial charge in [0, 0.05) is 43.8 Å². The SMILES string of the molecule is CN=C(NCCc1nc(C)c(C)s1)NCc1ccc(-n2ccnc2C)c(F)c1. The molecule has 0 unspecified atom stereocenters. The first-order valence-electron chi connectivity index (χ1n) is 9.14. The molecule has 0 amide bonds. The predicted octanol–water partition coefficient (Wildman–Crippen LogP) is 3.30. The summed E-state index contributed by atoms with van der Waals surface area (Å²) in [7, 11) is 1.72. The number of imidazole rings is 1. The molecule has 0 fully saturated rings. The fourth-order valence-electron chi connectivity index (χ4n) is 2.83. The molecule has 3 rings (SSSR count). The number of aryl methyl sites for hydroxylation is 3. The highest BCUT2D eigenvalue weighted by Crippen LogP contribution is 2.17. The van der Waals surface area contributed by atoms with E-state index in [-0.39, 0.29) is 5.82 Å². The van der Waals surface area contributed by atoms with Crippen molar-refractivity contribution in [3.63, 3.8) is 0 Å². The molecular weight excluding hydrogens is 375 g/mol. The summed E-state index contributed by atoms with van der Waals surface area (Å²) >= 11 is 1.73. The van der Waals surface area contributed by atoms with E-state index in [2.05, 4.69) is 32.5 Å². The number of aliphatic imine (C=N–C) groups is 1. The van der Waals surface area contributed by atoms with Gasteiger partial charge in [-0.1, -0.05) is 6.07 Å². The molecule has 0 aliphatic rings. The van der Waals surface area contributed by atoms with E-state index in [1.807, 2.05) is 19.9 Å². The van der Waals surface area contributed by atoms with Crippen molar-refractivity contribution in [3.8, 4) is 5.69 Å². The molecule has 6 nitrogen and oxygen atoms in total. The van der Waals surface area contributed by atoms with Crippen LogP contribution in [-0.2, 0) is 13.0 Å². The van der Waals surface area contributed by atoms with E-state index in [9.17, 15) is 4.39 Å². The molecule has 2 N–H and O–H groups in total. The van der Waals surface area contributed by atoms with Crippen molar-refractivity contribution < 1.29 is 4.39 Å². The molecule has 8 heteroatoms. The van der Waals surface area contributed by atoms with E-state index < -0.39 is 0 Å². The van der Waals surface area contributed by atoms with Gasteiger partial charge in [0.1, 0.15) is 11.6 Å². The Labute approximate surface area is 168 Å². The van der Waals surface area contributed by atoms with Crippen LogP contribution in [0.5, 0.6) is 0 Å². The summed E-state index contributed by atoms with van der Waals surface area (Å²) in [5.74, 6) is 1.15. The Balaban J connectivity index is 1.53. The molecule has 0 atom stereocenters. The molecule has 148 valence electrons. The average Bonchev–Trinajstić information content (AvgIpc) is 3.23. The summed E-state index contributed by atoms with van der Waals surface area (Å²) < 4.78 is 16.2. The third kappa shape index (κ3) is 4.75. The van der Waals surface area contributed by atoms with Crippen LogP contribution in [0.2, 0.25) is 0 Å². The minimum absolute atomic E-state index is 0.280. The highest BCUT2D eigenvalue weighted by Gasteiger charge is 2.09. The van der Waals surface area contributed by atoms with Crippen molar-refractivity contribution >= 4 is 17.3 Å². The lowest BCUT2D eigenvalue weighted by molar-refractivity contribution is 0.613. The fourth-order valence-corrected chi connectivity index (χ4v) is 3.76. The smallest absolute Gasteiger partial charge is 0.191 e. The first-order chi connectivity index (χ1) is 13.5. The molecule has 0 aliphatic heterocycles. The van der Waals surface area contributed by atoms with Gasteiger partial charge in [-0.05, 0) is 38.5 Å². The van der Waals surface area contributed by atoms with Gasteiger partial charge in [0.05, 0.1) is 16.4 Å². The number of guanidine groups is 1. The van der Waals surface area contributed by atoms with Gasteiger partial charge in [-0.25, -0.2) is 14.4 Å². The van der Waals surface area contributed by atoms with Crippen molar-refractivity contribution in [2.75, 3.05) is 13.6 Å². The summed E-state index contributed by atoms with van der Waals surface area (Å²) in [5, 5.41) is 7.61. The van der Waals surface area contributed by atoms with Crippen LogP contribution in [0.1, 0.15) is 27.0 Å². The molecule has 2 heterocycles. The number of nitrogens with one attached hydrogen (secondary N) is 2. The summed E-state index contributed by atoms with van der Waals surface area (Å²) in [6.07, 6.45) is 4.25. The van der Waals surface area contributed by atoms with Crippen LogP contribution < -0.4 is 10.6 Å². The minimum Gasteiger partial charge on any atom is -0.356 e. The monoisotopic (exact) mass is 400 g/mol. The first kappa shape index (κ1) is 20.0. The molecular formula is C20H25FN6S. The van der Waals surface area contributed by atoms with Crippen LogP contribution in [0.15, 0.2) is 35.6 Å². The fraction of sp³-hybridized carbons (Fsp3) is 0.350. The van der Waals surface area contributed by atoms with Gasteiger partial charge in [0.2, 0.25) is 0 Å². The van der Waals surface area contributed by atoms with E-state index in [0.717, 1.165) is 35.1 Å². The largest absolute Gasteiger partial charge is 0.356 e. The number of halogens is 1. The van der Waals surface area contributed by atoms with Crippen molar-refractivity contribution in [2.45, 2.75) is 33.7 Å². The number of rotatable bonds is 6. The number of thiazole rings is 1. The third-order valence-corrected chi connectivity index (χ3v) is 5.62. The molecule has 2 aromatic heterocycles. The van der Waals surface area contributed by atoms with Crippen molar-refractivity contribution in [1.82, 2.24) is 25.2 Å². The van der Waals surface area contributed by atoms with Crippen molar-refractivity contribution in [1.29, 1.82) is 0 Å². The van der Waals surface area contributed by atoms with E-state index >= 15 is 0 Å². The zero-order chi connectivity index (χ0) is 20.1. The molecule has 0 bridgehead atoms. The number of nitrogens with zero attached hydrogens (tertiary/aromatic N) is 4. The zero-order valence-electron chi connectivity index (χ0n) is 16.6. The van der Waals surface area contributed by atoms with E-state index in [4.69, 9.17) is 0 Å². The van der Waals surface area contributed by atoms with Gasteiger partial charge in [-0.2, -0.15) is 0 Å². The Morgan fingerprint density at radius 3 is 2.68 bits per heavy atom. The predicted molar refractivity (Wildman–Crippen MR) is 112 cm³/mol. The van der Waals surface area contributed by atoms with Crippen LogP contribution in [0.3, 0.4) is 0 Å². The molecule has 1 aromatic carbocycles. The van der Waals surface area contributed by atoms with Gasteiger partial charge in [-0.3, -0.25) is 4.99 Å². The number of aromatic nitrogens is 3. The second kappa shape index (κ2) is 8.97. The number of benzene rings is 1. The average molecular weight is 401 g/mol. The van der Waals surface area contributed by atoms with Crippen LogP contribution in [-0.4, -0.2) is 34.1 Å². The lowest BCUT2D eigenvalue weighted by atomic mass is 10.2. The third-order valence-electron chi connectivity index (χ3n) is 4.49. The maximum Gasteiger partial charge on any atom is 0.191 e. The van der Waals surface area contributed by atoms with Crippen LogP contribution in [0.4, 0.5) is 4.39 Å². The van der Waals surface area contributed by atoms with Crippen molar-refractivity contribution in [3.05, 3.63) is 63.4 Å². The Kier molecular flexibility index (Phi) is 6.41. The maximum absolute atomic E-state index is 14.5. The number of hydrogen-bond acceptors (Lipinski definition) is 4. The summed E-state index contributed by atoms with van der Waals surface area (Å²) in [6.45, 7) is 7.18. The van der Waals surface area contributed by atoms with Crippen molar-refractivity contribution in [2.24, 2.45) is 4.99 Å². The second-order valence-corrected chi connectivity index (χ2v) is 7.77. The Bertz CT molecular complexity index is 955. The normalized spacial score (nSPS) is 11.7. The lowest BCUT2D eigenvalue weighted by Gasteiger charge is -2.13. The highest BCUT2D eigenvalue weighted by atomic mass is 32.1. The lowest BCUT2D eigenvalue weighted by Crippen LogP contribution is -2.37. The molecule has 0 saturated heterocycles. The van der Waals surface area contributed by atoms with Crippen LogP contribution >= 0.6 is 11.3 Å². The van der Waals surface area contributed by atoms with Gasteiger partial charge in [0.15, 0.2) is 5.96 Å². The quantitative estimate of drug-likeness (QED) is 0.492. The molecule has 0 radical (unpaired) electrons. The van der Waals surface area contributed by atoms with Gasteiger partial charge >= 0.3 is 0 Å². The number of hydrogen-bond donors (Lipinski definition) is 2. The Morgan fingerprint density at radius 2 is 2.07 bits per heavy atom. The van der Waals surface area contributed by atoms with E-state index in [0.29, 0.717) is 18.2 Å². The Hall–Kier alpha value is -2.74. The maximum atomic E-state index is 14.5. The molecule has 28 heavy (non-hydrogen) atoms. The second-order valence-electron chi connectivity index (χ2n) is 6.48. The van der Waals surface area contributed by atoms with Gasteiger partial charge < -0.3 is 15.2 Å². The first-order valence-corrected chi connectivity index (χ1v) is 9.95. The summed E-state index contributed by atoms with van der Waals surface area (Å²) in [4.78, 5) is 14.2. The van der Waals surface area contributed by atoms with Gasteiger partial charge in [-0.15, -0.1) is 11.3 Å². The summed E-state index contributed by atoms with van der Waals surface area (Å²) in [5.41, 5.74) is 2.43. The molecule has 0 saturated carbocycles. The topological polar surface area (TPSA) is 67.1 Å². The molecule has 0 aliphatic carbocycles. The Morgan fingerprint density at radius 1 is 1.25 bits per heavy atom. The van der Waals surface area contributed by atoms with E-state index in [1.54, 1.807) is 41.4 Å². The molecule has 3 aromatic rings.